The summed E-state index contributed by atoms with van der Waals surface area (Å²) >= 11 is 0. The Balaban J connectivity index is 2.10. The van der Waals surface area contributed by atoms with Gasteiger partial charge in [-0.1, -0.05) is 140 Å². The number of benzene rings is 2. The number of hydrogen-bond acceptors (Lipinski definition) is 3. The Morgan fingerprint density at radius 3 is 1.67 bits per heavy atom. The minimum Gasteiger partial charge on any atom is -0.370 e. The van der Waals surface area contributed by atoms with Crippen molar-refractivity contribution in [2.45, 2.75) is 104 Å². The molecule has 6 nitrogen and oxygen atoms in total. The molecule has 0 aliphatic rings. The van der Waals surface area contributed by atoms with Crippen molar-refractivity contribution >= 4 is 17.7 Å². The summed E-state index contributed by atoms with van der Waals surface area (Å²) in [6.07, 6.45) is 9.80. The third-order valence-corrected chi connectivity index (χ3v) is 7.19. The van der Waals surface area contributed by atoms with E-state index in [4.69, 9.17) is 5.73 Å². The molecule has 214 valence electrons. The number of primary amides is 1. The second-order valence-electron chi connectivity index (χ2n) is 11.7. The molecule has 0 aliphatic carbocycles. The van der Waals surface area contributed by atoms with Gasteiger partial charge in [-0.15, -0.1) is 0 Å². The van der Waals surface area contributed by atoms with Gasteiger partial charge in [-0.3, -0.25) is 14.4 Å². The molecule has 0 aliphatic heterocycles. The van der Waals surface area contributed by atoms with E-state index in [9.17, 15) is 14.4 Å². The molecule has 0 radical (unpaired) electrons. The summed E-state index contributed by atoms with van der Waals surface area (Å²) in [4.78, 5) is 38.9. The molecule has 0 saturated heterocycles. The van der Waals surface area contributed by atoms with Gasteiger partial charge in [0.15, 0.2) is 0 Å². The van der Waals surface area contributed by atoms with Crippen LogP contribution in [0.25, 0.3) is 0 Å². The summed E-state index contributed by atoms with van der Waals surface area (Å²) < 4.78 is 0. The molecule has 0 saturated carbocycles. The minimum atomic E-state index is -0.783. The fourth-order valence-corrected chi connectivity index (χ4v) is 4.90. The van der Waals surface area contributed by atoms with Crippen molar-refractivity contribution < 1.29 is 14.4 Å². The van der Waals surface area contributed by atoms with Crippen LogP contribution in [0, 0.1) is 11.3 Å². The number of carbonyl (C=O) groups is 3. The molecular weight excluding hydrogens is 486 g/mol. The zero-order chi connectivity index (χ0) is 28.7. The maximum absolute atomic E-state index is 13.7. The summed E-state index contributed by atoms with van der Waals surface area (Å²) in [6, 6.07) is 18.4. The quantitative estimate of drug-likeness (QED) is 0.203. The Morgan fingerprint density at radius 2 is 1.21 bits per heavy atom. The predicted octanol–water partition coefficient (Wildman–Crippen LogP) is 6.45. The molecule has 39 heavy (non-hydrogen) atoms. The van der Waals surface area contributed by atoms with Gasteiger partial charge in [0.1, 0.15) is 6.04 Å². The van der Waals surface area contributed by atoms with E-state index in [1.165, 1.54) is 32.1 Å². The monoisotopic (exact) mass is 535 g/mol. The first-order chi connectivity index (χ1) is 18.6. The van der Waals surface area contributed by atoms with E-state index in [2.05, 4.69) is 17.6 Å². The standard InChI is InChI=1S/C33H49N3O3/c1-5-6-7-8-9-10-11-14-23-27(24-28(34)37)31(38)36-30(33(2,3)4)32(39)35-29(25-19-15-12-16-20-25)26-21-17-13-18-22-26/h12-13,15-22,27,29-30H,5-11,14,23-24H2,1-4H3,(H2,34,37)(H,35,39)(H,36,38)/t27?,30-/m1/s1. The van der Waals surface area contributed by atoms with Crippen molar-refractivity contribution in [2.24, 2.45) is 17.1 Å². The molecular formula is C33H49N3O3. The van der Waals surface area contributed by atoms with E-state index in [1.807, 2.05) is 81.4 Å². The van der Waals surface area contributed by atoms with Crippen LogP contribution in [0.2, 0.25) is 0 Å². The lowest BCUT2D eigenvalue weighted by Gasteiger charge is -2.33. The second-order valence-corrected chi connectivity index (χ2v) is 11.7. The van der Waals surface area contributed by atoms with E-state index in [-0.39, 0.29) is 24.3 Å². The molecule has 0 bridgehead atoms. The molecule has 2 aromatic rings. The Bertz CT molecular complexity index is 962. The highest BCUT2D eigenvalue weighted by atomic mass is 16.2. The summed E-state index contributed by atoms with van der Waals surface area (Å²) in [5, 5.41) is 6.16. The number of carbonyl (C=O) groups excluding carboxylic acids is 3. The lowest BCUT2D eigenvalue weighted by molar-refractivity contribution is -0.135. The summed E-state index contributed by atoms with van der Waals surface area (Å²) in [6.45, 7) is 8.00. The number of amides is 3. The minimum absolute atomic E-state index is 0.0164. The van der Waals surface area contributed by atoms with Crippen LogP contribution in [0.5, 0.6) is 0 Å². The van der Waals surface area contributed by atoms with Gasteiger partial charge in [-0.2, -0.15) is 0 Å². The van der Waals surface area contributed by atoms with Gasteiger partial charge in [0, 0.05) is 12.3 Å². The van der Waals surface area contributed by atoms with Crippen LogP contribution in [0.1, 0.15) is 109 Å². The van der Waals surface area contributed by atoms with Crippen LogP contribution in [0.15, 0.2) is 60.7 Å². The first kappa shape index (κ1) is 32.1. The fraction of sp³-hybridized carbons (Fsp3) is 0.545. The Kier molecular flexibility index (Phi) is 13.8. The number of nitrogens with two attached hydrogens (primary N) is 1. The predicted molar refractivity (Wildman–Crippen MR) is 159 cm³/mol. The van der Waals surface area contributed by atoms with Gasteiger partial charge in [-0.25, -0.2) is 0 Å². The highest BCUT2D eigenvalue weighted by Crippen LogP contribution is 2.26. The average Bonchev–Trinajstić information content (AvgIpc) is 2.91. The number of hydrogen-bond donors (Lipinski definition) is 3. The van der Waals surface area contributed by atoms with Gasteiger partial charge in [-0.05, 0) is 23.0 Å². The largest absolute Gasteiger partial charge is 0.370 e. The molecule has 3 amide bonds. The SMILES string of the molecule is CCCCCCCCCCC(CC(N)=O)C(=O)N[C@H](C(=O)NC(c1ccccc1)c1ccccc1)C(C)(C)C. The van der Waals surface area contributed by atoms with E-state index >= 15 is 0 Å². The Morgan fingerprint density at radius 1 is 0.718 bits per heavy atom. The number of rotatable bonds is 17. The van der Waals surface area contributed by atoms with Crippen molar-refractivity contribution in [2.75, 3.05) is 0 Å². The van der Waals surface area contributed by atoms with Crippen molar-refractivity contribution in [3.63, 3.8) is 0 Å². The summed E-state index contributed by atoms with van der Waals surface area (Å²) in [5.41, 5.74) is 6.87. The number of nitrogens with one attached hydrogen (secondary N) is 2. The van der Waals surface area contributed by atoms with Crippen molar-refractivity contribution in [1.29, 1.82) is 0 Å². The molecule has 6 heteroatoms. The number of unbranched alkanes of at least 4 members (excludes halogenated alkanes) is 7. The van der Waals surface area contributed by atoms with Crippen LogP contribution in [-0.4, -0.2) is 23.8 Å². The highest BCUT2D eigenvalue weighted by Gasteiger charge is 2.36. The Hall–Kier alpha value is -3.15. The lowest BCUT2D eigenvalue weighted by Crippen LogP contribution is -2.55. The highest BCUT2D eigenvalue weighted by molar-refractivity contribution is 5.91. The molecule has 0 heterocycles. The van der Waals surface area contributed by atoms with Gasteiger partial charge < -0.3 is 16.4 Å². The van der Waals surface area contributed by atoms with Crippen LogP contribution in [0.3, 0.4) is 0 Å². The topological polar surface area (TPSA) is 101 Å². The van der Waals surface area contributed by atoms with Crippen molar-refractivity contribution in [1.82, 2.24) is 10.6 Å². The zero-order valence-corrected chi connectivity index (χ0v) is 24.4. The van der Waals surface area contributed by atoms with Crippen LogP contribution in [0.4, 0.5) is 0 Å². The first-order valence-electron chi connectivity index (χ1n) is 14.6. The van der Waals surface area contributed by atoms with Gasteiger partial charge in [0.2, 0.25) is 17.7 Å². The van der Waals surface area contributed by atoms with E-state index < -0.39 is 23.3 Å². The molecule has 0 spiro atoms. The zero-order valence-electron chi connectivity index (χ0n) is 24.4. The lowest BCUT2D eigenvalue weighted by atomic mass is 9.84. The van der Waals surface area contributed by atoms with Gasteiger partial charge in [0.25, 0.3) is 0 Å². The summed E-state index contributed by atoms with van der Waals surface area (Å²) in [7, 11) is 0. The molecule has 2 atom stereocenters. The molecule has 0 fully saturated rings. The van der Waals surface area contributed by atoms with Gasteiger partial charge in [0.05, 0.1) is 6.04 Å². The van der Waals surface area contributed by atoms with Crippen LogP contribution >= 0.6 is 0 Å². The second kappa shape index (κ2) is 16.7. The molecule has 4 N–H and O–H groups in total. The van der Waals surface area contributed by atoms with Gasteiger partial charge >= 0.3 is 0 Å². The van der Waals surface area contributed by atoms with E-state index in [1.54, 1.807) is 0 Å². The average molecular weight is 536 g/mol. The first-order valence-corrected chi connectivity index (χ1v) is 14.6. The molecule has 1 unspecified atom stereocenters. The summed E-state index contributed by atoms with van der Waals surface area (Å²) in [5.74, 6) is -1.60. The van der Waals surface area contributed by atoms with Crippen molar-refractivity contribution in [3.05, 3.63) is 71.8 Å². The smallest absolute Gasteiger partial charge is 0.243 e. The van der Waals surface area contributed by atoms with E-state index in [0.29, 0.717) is 6.42 Å². The maximum Gasteiger partial charge on any atom is 0.243 e. The van der Waals surface area contributed by atoms with Crippen molar-refractivity contribution in [3.8, 4) is 0 Å². The Labute approximate surface area is 235 Å². The third kappa shape index (κ3) is 11.6. The molecule has 2 rings (SSSR count). The third-order valence-electron chi connectivity index (χ3n) is 7.19. The maximum atomic E-state index is 13.7. The van der Waals surface area contributed by atoms with Crippen LogP contribution in [-0.2, 0) is 14.4 Å². The molecule has 0 aromatic heterocycles. The van der Waals surface area contributed by atoms with E-state index in [0.717, 1.165) is 30.4 Å². The van der Waals surface area contributed by atoms with Crippen LogP contribution < -0.4 is 16.4 Å². The fourth-order valence-electron chi connectivity index (χ4n) is 4.90. The molecule has 2 aromatic carbocycles. The normalized spacial score (nSPS) is 13.1.